The molecule has 0 saturated carbocycles. The number of benzene rings is 1. The van der Waals surface area contributed by atoms with Crippen LogP contribution in [0, 0.1) is 29.3 Å². The molecule has 3 heterocycles. The Morgan fingerprint density at radius 2 is 1.68 bits per heavy atom. The lowest BCUT2D eigenvalue weighted by molar-refractivity contribution is -0.127. The molecule has 1 aromatic rings. The summed E-state index contributed by atoms with van der Waals surface area (Å²) in [6.45, 7) is 1.14. The molecule has 2 bridgehead atoms. The Balaban J connectivity index is 1.32. The monoisotopic (exact) mass is 503 g/mol. The minimum absolute atomic E-state index is 0.0223. The fraction of sp³-hybridized carbons (Fsp3) is 0.696. The number of hydrogen-bond donors (Lipinski definition) is 2. The van der Waals surface area contributed by atoms with Crippen molar-refractivity contribution in [1.29, 1.82) is 0 Å². The molecule has 7 nitrogen and oxygen atoms in total. The first-order chi connectivity index (χ1) is 16.2. The van der Waals surface area contributed by atoms with Crippen molar-refractivity contribution >= 4 is 15.9 Å². The second kappa shape index (κ2) is 10.5. The van der Waals surface area contributed by atoms with Crippen LogP contribution in [0.2, 0.25) is 0 Å². The number of nitrogens with one attached hydrogen (secondary N) is 1. The second-order valence-corrected chi connectivity index (χ2v) is 11.7. The maximum Gasteiger partial charge on any atom is 0.223 e. The summed E-state index contributed by atoms with van der Waals surface area (Å²) in [4.78, 5) is 12.3. The summed E-state index contributed by atoms with van der Waals surface area (Å²) in [5.41, 5.74) is 6.34. The summed E-state index contributed by atoms with van der Waals surface area (Å²) in [6.07, 6.45) is 3.86. The summed E-state index contributed by atoms with van der Waals surface area (Å²) >= 11 is 0. The lowest BCUT2D eigenvalue weighted by Gasteiger charge is -2.40. The zero-order chi connectivity index (χ0) is 24.5. The Morgan fingerprint density at radius 3 is 2.32 bits per heavy atom. The average Bonchev–Trinajstić information content (AvgIpc) is 3.09. The molecule has 11 heteroatoms. The Hall–Kier alpha value is -1.69. The lowest BCUT2D eigenvalue weighted by Crippen LogP contribution is -2.51. The van der Waals surface area contributed by atoms with Crippen LogP contribution in [0.15, 0.2) is 12.1 Å². The lowest BCUT2D eigenvalue weighted by atomic mass is 9.83. The van der Waals surface area contributed by atoms with E-state index in [4.69, 9.17) is 10.5 Å². The van der Waals surface area contributed by atoms with E-state index in [1.54, 1.807) is 4.31 Å². The number of amides is 1. The average molecular weight is 504 g/mol. The number of ether oxygens (including phenoxy) is 1. The van der Waals surface area contributed by atoms with E-state index in [1.165, 1.54) is 0 Å². The van der Waals surface area contributed by atoms with Gasteiger partial charge in [0.15, 0.2) is 11.6 Å². The first-order valence-corrected chi connectivity index (χ1v) is 13.5. The van der Waals surface area contributed by atoms with Crippen molar-refractivity contribution < 1.29 is 31.1 Å². The molecule has 1 amide bonds. The van der Waals surface area contributed by atoms with E-state index in [-0.39, 0.29) is 54.1 Å². The minimum Gasteiger partial charge on any atom is -0.381 e. The van der Waals surface area contributed by atoms with Gasteiger partial charge in [-0.3, -0.25) is 4.79 Å². The van der Waals surface area contributed by atoms with Gasteiger partial charge in [-0.15, -0.1) is 0 Å². The summed E-state index contributed by atoms with van der Waals surface area (Å²) in [5, 5.41) is 2.75. The Morgan fingerprint density at radius 1 is 1.06 bits per heavy atom. The summed E-state index contributed by atoms with van der Waals surface area (Å²) in [7, 11) is -3.57. The highest BCUT2D eigenvalue weighted by molar-refractivity contribution is 7.89. The van der Waals surface area contributed by atoms with Crippen LogP contribution in [0.1, 0.15) is 44.1 Å². The first kappa shape index (κ1) is 25.4. The molecule has 0 aliphatic carbocycles. The van der Waals surface area contributed by atoms with Gasteiger partial charge in [-0.1, -0.05) is 0 Å². The number of carbonyl (C=O) groups is 1. The van der Waals surface area contributed by atoms with Crippen LogP contribution in [0.4, 0.5) is 13.2 Å². The molecule has 190 valence electrons. The standard InChI is InChI=1S/C23H32F3N3O4S/c24-19-13-21(26)20(25)11-15(19)12-22(27)16-9-17-1-2-18(10-16)29(17)34(31,32)8-5-28-23(30)14-3-6-33-7-4-14/h11,13-14,16-18,22H,1-10,12,27H2,(H,28,30)/t16-,17-,18+,22-/m1/s1. The molecule has 4 atom stereocenters. The smallest absolute Gasteiger partial charge is 0.223 e. The van der Waals surface area contributed by atoms with Crippen LogP contribution in [0.3, 0.4) is 0 Å². The fourth-order valence-corrected chi connectivity index (χ4v) is 7.50. The van der Waals surface area contributed by atoms with Crippen LogP contribution in [0.25, 0.3) is 0 Å². The molecule has 1 aromatic carbocycles. The van der Waals surface area contributed by atoms with Gasteiger partial charge in [-0.05, 0) is 62.5 Å². The number of fused-ring (bicyclic) bond motifs is 2. The molecule has 3 aliphatic rings. The SMILES string of the molecule is N[C@H](Cc1cc(F)c(F)cc1F)[C@@H]1C[C@H]2CC[C@@H](C1)N2S(=O)(=O)CCNC(=O)C1CCOCC1. The van der Waals surface area contributed by atoms with Crippen molar-refractivity contribution in [2.45, 2.75) is 63.1 Å². The summed E-state index contributed by atoms with van der Waals surface area (Å²) < 4.78 is 73.8. The zero-order valence-electron chi connectivity index (χ0n) is 19.0. The maximum atomic E-state index is 14.1. The van der Waals surface area contributed by atoms with Gasteiger partial charge >= 0.3 is 0 Å². The van der Waals surface area contributed by atoms with Gasteiger partial charge in [-0.2, -0.15) is 4.31 Å². The number of sulfonamides is 1. The van der Waals surface area contributed by atoms with Crippen molar-refractivity contribution in [2.24, 2.45) is 17.6 Å². The highest BCUT2D eigenvalue weighted by Gasteiger charge is 2.47. The molecule has 4 rings (SSSR count). The number of piperidine rings is 1. The van der Waals surface area contributed by atoms with Gasteiger partial charge in [0.05, 0.1) is 5.75 Å². The largest absolute Gasteiger partial charge is 0.381 e. The minimum atomic E-state index is -3.57. The van der Waals surface area contributed by atoms with Gasteiger partial charge in [-0.25, -0.2) is 21.6 Å². The normalized spacial score (nSPS) is 27.0. The number of rotatable bonds is 8. The highest BCUT2D eigenvalue weighted by atomic mass is 32.2. The first-order valence-electron chi connectivity index (χ1n) is 11.9. The molecule has 0 aromatic heterocycles. The highest BCUT2D eigenvalue weighted by Crippen LogP contribution is 2.42. The van der Waals surface area contributed by atoms with Crippen LogP contribution in [0.5, 0.6) is 0 Å². The second-order valence-electron chi connectivity index (χ2n) is 9.67. The van der Waals surface area contributed by atoms with Crippen LogP contribution < -0.4 is 11.1 Å². The van der Waals surface area contributed by atoms with E-state index in [1.807, 2.05) is 0 Å². The van der Waals surface area contributed by atoms with E-state index < -0.39 is 33.5 Å². The van der Waals surface area contributed by atoms with Gasteiger partial charge in [0, 0.05) is 49.9 Å². The van der Waals surface area contributed by atoms with Crippen molar-refractivity contribution in [2.75, 3.05) is 25.5 Å². The quantitative estimate of drug-likeness (QED) is 0.529. The van der Waals surface area contributed by atoms with Crippen LogP contribution in [-0.2, 0) is 26.0 Å². The predicted molar refractivity (Wildman–Crippen MR) is 120 cm³/mol. The van der Waals surface area contributed by atoms with Crippen LogP contribution in [-0.4, -0.2) is 62.3 Å². The number of carbonyl (C=O) groups excluding carboxylic acids is 1. The van der Waals surface area contributed by atoms with Gasteiger partial charge in [0.2, 0.25) is 15.9 Å². The Kier molecular flexibility index (Phi) is 7.85. The third-order valence-corrected chi connectivity index (χ3v) is 9.38. The number of nitrogens with two attached hydrogens (primary N) is 1. The fourth-order valence-electron chi connectivity index (χ4n) is 5.63. The van der Waals surface area contributed by atoms with E-state index >= 15 is 0 Å². The molecular weight excluding hydrogens is 471 g/mol. The van der Waals surface area contributed by atoms with Gasteiger partial charge in [0.1, 0.15) is 5.82 Å². The summed E-state index contributed by atoms with van der Waals surface area (Å²) in [6, 6.07) is 0.484. The topological polar surface area (TPSA) is 102 Å². The Labute approximate surface area is 198 Å². The van der Waals surface area contributed by atoms with E-state index in [0.717, 1.165) is 18.9 Å². The third-order valence-electron chi connectivity index (χ3n) is 7.43. The van der Waals surface area contributed by atoms with E-state index in [9.17, 15) is 26.4 Å². The summed E-state index contributed by atoms with van der Waals surface area (Å²) in [5.74, 6) is -3.67. The van der Waals surface area contributed by atoms with Gasteiger partial charge in [0.25, 0.3) is 0 Å². The number of nitrogens with zero attached hydrogens (tertiary/aromatic N) is 1. The molecule has 3 saturated heterocycles. The molecule has 3 fully saturated rings. The van der Waals surface area contributed by atoms with Crippen LogP contribution >= 0.6 is 0 Å². The Bertz CT molecular complexity index is 989. The number of hydrogen-bond acceptors (Lipinski definition) is 5. The molecular formula is C23H32F3N3O4S. The van der Waals surface area contributed by atoms with Crippen molar-refractivity contribution in [1.82, 2.24) is 9.62 Å². The molecule has 0 unspecified atom stereocenters. The maximum absolute atomic E-state index is 14.1. The van der Waals surface area contributed by atoms with E-state index in [0.29, 0.717) is 45.0 Å². The number of halogens is 3. The zero-order valence-corrected chi connectivity index (χ0v) is 19.8. The molecule has 0 radical (unpaired) electrons. The molecule has 3 N–H and O–H groups in total. The van der Waals surface area contributed by atoms with E-state index in [2.05, 4.69) is 5.32 Å². The molecule has 0 spiro atoms. The van der Waals surface area contributed by atoms with Crippen molar-refractivity contribution in [3.63, 3.8) is 0 Å². The van der Waals surface area contributed by atoms with Crippen molar-refractivity contribution in [3.8, 4) is 0 Å². The molecule has 34 heavy (non-hydrogen) atoms. The predicted octanol–water partition coefficient (Wildman–Crippen LogP) is 2.09. The molecule has 3 aliphatic heterocycles. The van der Waals surface area contributed by atoms with Crippen molar-refractivity contribution in [3.05, 3.63) is 35.1 Å². The van der Waals surface area contributed by atoms with Gasteiger partial charge < -0.3 is 15.8 Å². The third kappa shape index (κ3) is 5.58.